The van der Waals surface area contributed by atoms with Crippen LogP contribution in [0.4, 0.5) is 0 Å². The van der Waals surface area contributed by atoms with Gasteiger partial charge >= 0.3 is 0 Å². The molecule has 2 heteroatoms. The van der Waals surface area contributed by atoms with Crippen LogP contribution in [0, 0.1) is 17.8 Å². The van der Waals surface area contributed by atoms with Gasteiger partial charge in [-0.15, -0.1) is 0 Å². The van der Waals surface area contributed by atoms with E-state index in [1.807, 2.05) is 0 Å². The molecule has 2 aliphatic rings. The van der Waals surface area contributed by atoms with Gasteiger partial charge in [0, 0.05) is 11.5 Å². The second-order valence-electron chi connectivity index (χ2n) is 8.20. The number of nitrogens with one attached hydrogen (secondary N) is 1. The Morgan fingerprint density at radius 2 is 1.65 bits per heavy atom. The van der Waals surface area contributed by atoms with Gasteiger partial charge in [-0.2, -0.15) is 0 Å². The molecule has 1 atom stereocenters. The van der Waals surface area contributed by atoms with E-state index in [1.165, 1.54) is 51.4 Å². The zero-order valence-electron chi connectivity index (χ0n) is 13.7. The zero-order chi connectivity index (χ0) is 14.6. The molecule has 1 N–H and O–H groups in total. The molecule has 2 nitrogen and oxygen atoms in total. The first-order valence-corrected chi connectivity index (χ1v) is 8.76. The average Bonchev–Trinajstić information content (AvgIpc) is 2.77. The molecular formula is C18H33NO. The van der Waals surface area contributed by atoms with Crippen molar-refractivity contribution in [2.75, 3.05) is 0 Å². The summed E-state index contributed by atoms with van der Waals surface area (Å²) >= 11 is 0. The summed E-state index contributed by atoms with van der Waals surface area (Å²) in [5, 5.41) is 3.21. The summed E-state index contributed by atoms with van der Waals surface area (Å²) in [6.45, 7) is 6.26. The van der Waals surface area contributed by atoms with Crippen molar-refractivity contribution >= 4 is 5.91 Å². The molecule has 2 saturated carbocycles. The second kappa shape index (κ2) is 6.95. The first kappa shape index (κ1) is 15.9. The van der Waals surface area contributed by atoms with E-state index < -0.39 is 0 Å². The number of hydrogen-bond donors (Lipinski definition) is 1. The van der Waals surface area contributed by atoms with Crippen LogP contribution < -0.4 is 5.32 Å². The first-order valence-electron chi connectivity index (χ1n) is 8.76. The third-order valence-corrected chi connectivity index (χ3v) is 5.11. The number of amides is 1. The van der Waals surface area contributed by atoms with Gasteiger partial charge in [-0.05, 0) is 51.9 Å². The highest BCUT2D eigenvalue weighted by molar-refractivity contribution is 5.79. The topological polar surface area (TPSA) is 29.1 Å². The average molecular weight is 279 g/mol. The van der Waals surface area contributed by atoms with Crippen LogP contribution in [0.5, 0.6) is 0 Å². The molecule has 1 unspecified atom stereocenters. The predicted molar refractivity (Wildman–Crippen MR) is 84.5 cm³/mol. The smallest absolute Gasteiger partial charge is 0.223 e. The Kier molecular flexibility index (Phi) is 5.51. The fourth-order valence-corrected chi connectivity index (χ4v) is 3.69. The summed E-state index contributed by atoms with van der Waals surface area (Å²) in [5.74, 6) is 2.30. The van der Waals surface area contributed by atoms with Gasteiger partial charge in [-0.1, -0.05) is 44.9 Å². The number of hydrogen-bond acceptors (Lipinski definition) is 1. The molecule has 0 bridgehead atoms. The SMILES string of the molecule is CC(C)(C)NC(=O)C(CCC1CCCC1)CC1CCC1. The molecule has 20 heavy (non-hydrogen) atoms. The van der Waals surface area contributed by atoms with E-state index in [2.05, 4.69) is 26.1 Å². The van der Waals surface area contributed by atoms with E-state index in [-0.39, 0.29) is 11.5 Å². The number of rotatable bonds is 6. The highest BCUT2D eigenvalue weighted by Gasteiger charge is 2.29. The van der Waals surface area contributed by atoms with Crippen molar-refractivity contribution in [2.24, 2.45) is 17.8 Å². The molecule has 1 amide bonds. The van der Waals surface area contributed by atoms with Crippen molar-refractivity contribution in [3.63, 3.8) is 0 Å². The summed E-state index contributed by atoms with van der Waals surface area (Å²) in [4.78, 5) is 12.5. The lowest BCUT2D eigenvalue weighted by Crippen LogP contribution is -2.44. The molecular weight excluding hydrogens is 246 g/mol. The minimum atomic E-state index is -0.0949. The van der Waals surface area contributed by atoms with E-state index >= 15 is 0 Å². The van der Waals surface area contributed by atoms with Crippen LogP contribution in [0.3, 0.4) is 0 Å². The molecule has 0 heterocycles. The van der Waals surface area contributed by atoms with E-state index in [0.717, 1.165) is 24.7 Å². The lowest BCUT2D eigenvalue weighted by atomic mass is 9.77. The van der Waals surface area contributed by atoms with Gasteiger partial charge in [0.1, 0.15) is 0 Å². The van der Waals surface area contributed by atoms with Crippen molar-refractivity contribution in [2.45, 2.75) is 90.5 Å². The number of carbonyl (C=O) groups excluding carboxylic acids is 1. The van der Waals surface area contributed by atoms with E-state index in [4.69, 9.17) is 0 Å². The van der Waals surface area contributed by atoms with Gasteiger partial charge in [-0.3, -0.25) is 4.79 Å². The summed E-state index contributed by atoms with van der Waals surface area (Å²) in [7, 11) is 0. The van der Waals surface area contributed by atoms with Gasteiger partial charge in [0.25, 0.3) is 0 Å². The van der Waals surface area contributed by atoms with Crippen LogP contribution in [0.2, 0.25) is 0 Å². The van der Waals surface area contributed by atoms with Crippen molar-refractivity contribution < 1.29 is 4.79 Å². The summed E-state index contributed by atoms with van der Waals surface area (Å²) in [5.41, 5.74) is -0.0949. The molecule has 116 valence electrons. The van der Waals surface area contributed by atoms with Crippen molar-refractivity contribution in [1.29, 1.82) is 0 Å². The number of carbonyl (C=O) groups is 1. The minimum Gasteiger partial charge on any atom is -0.351 e. The van der Waals surface area contributed by atoms with Crippen LogP contribution >= 0.6 is 0 Å². The normalized spacial score (nSPS) is 22.6. The quantitative estimate of drug-likeness (QED) is 0.751. The highest BCUT2D eigenvalue weighted by atomic mass is 16.2. The molecule has 0 radical (unpaired) electrons. The van der Waals surface area contributed by atoms with Gasteiger partial charge < -0.3 is 5.32 Å². The summed E-state index contributed by atoms with van der Waals surface area (Å²) in [6.07, 6.45) is 13.2. The molecule has 0 aromatic carbocycles. The van der Waals surface area contributed by atoms with Crippen LogP contribution in [0.1, 0.15) is 85.0 Å². The van der Waals surface area contributed by atoms with E-state index in [9.17, 15) is 4.79 Å². The molecule has 0 saturated heterocycles. The Hall–Kier alpha value is -0.530. The van der Waals surface area contributed by atoms with Crippen LogP contribution in [0.25, 0.3) is 0 Å². The first-order chi connectivity index (χ1) is 9.44. The molecule has 0 aromatic heterocycles. The van der Waals surface area contributed by atoms with Crippen molar-refractivity contribution in [3.8, 4) is 0 Å². The summed E-state index contributed by atoms with van der Waals surface area (Å²) in [6, 6.07) is 0. The van der Waals surface area contributed by atoms with E-state index in [0.29, 0.717) is 5.91 Å². The largest absolute Gasteiger partial charge is 0.351 e. The molecule has 2 fully saturated rings. The van der Waals surface area contributed by atoms with Crippen LogP contribution in [-0.2, 0) is 4.79 Å². The van der Waals surface area contributed by atoms with Crippen molar-refractivity contribution in [1.82, 2.24) is 5.32 Å². The molecule has 2 rings (SSSR count). The summed E-state index contributed by atoms with van der Waals surface area (Å²) < 4.78 is 0. The molecule has 2 aliphatic carbocycles. The Bertz CT molecular complexity index is 308. The zero-order valence-corrected chi connectivity index (χ0v) is 13.7. The van der Waals surface area contributed by atoms with Gasteiger partial charge in [0.2, 0.25) is 5.91 Å². The third kappa shape index (κ3) is 5.10. The van der Waals surface area contributed by atoms with E-state index in [1.54, 1.807) is 0 Å². The Morgan fingerprint density at radius 3 is 2.15 bits per heavy atom. The Morgan fingerprint density at radius 1 is 1.05 bits per heavy atom. The predicted octanol–water partition coefficient (Wildman–Crippen LogP) is 4.68. The monoisotopic (exact) mass is 279 g/mol. The fourth-order valence-electron chi connectivity index (χ4n) is 3.69. The van der Waals surface area contributed by atoms with Crippen molar-refractivity contribution in [3.05, 3.63) is 0 Å². The van der Waals surface area contributed by atoms with Gasteiger partial charge in [0.05, 0.1) is 0 Å². The lowest BCUT2D eigenvalue weighted by Gasteiger charge is -2.31. The maximum absolute atomic E-state index is 12.5. The third-order valence-electron chi connectivity index (χ3n) is 5.11. The molecule has 0 spiro atoms. The van der Waals surface area contributed by atoms with Gasteiger partial charge in [0.15, 0.2) is 0 Å². The van der Waals surface area contributed by atoms with Gasteiger partial charge in [-0.25, -0.2) is 0 Å². The maximum atomic E-state index is 12.5. The Balaban J connectivity index is 1.83. The highest BCUT2D eigenvalue weighted by Crippen LogP contribution is 2.36. The molecule has 0 aliphatic heterocycles. The van der Waals surface area contributed by atoms with Crippen LogP contribution in [0.15, 0.2) is 0 Å². The minimum absolute atomic E-state index is 0.0949. The fraction of sp³-hybridized carbons (Fsp3) is 0.944. The van der Waals surface area contributed by atoms with Crippen LogP contribution in [-0.4, -0.2) is 11.4 Å². The standard InChI is InChI=1S/C18H33NO/c1-18(2,3)19-17(20)16(13-15-9-6-10-15)12-11-14-7-4-5-8-14/h14-16H,4-13H2,1-3H3,(H,19,20). The molecule has 0 aromatic rings. The Labute approximate surface area is 125 Å². The maximum Gasteiger partial charge on any atom is 0.223 e. The lowest BCUT2D eigenvalue weighted by molar-refractivity contribution is -0.127. The second-order valence-corrected chi connectivity index (χ2v) is 8.20.